The Morgan fingerprint density at radius 2 is 1.94 bits per heavy atom. The molecule has 2 aliphatic carbocycles. The number of rotatable bonds is 4. The summed E-state index contributed by atoms with van der Waals surface area (Å²) in [7, 11) is 0. The molecule has 1 amide bonds. The van der Waals surface area contributed by atoms with Crippen molar-refractivity contribution in [2.45, 2.75) is 77.6 Å². The molecule has 2 N–H and O–H groups in total. The van der Waals surface area contributed by atoms with E-state index in [0.29, 0.717) is 17.5 Å². The molecule has 0 heterocycles. The van der Waals surface area contributed by atoms with E-state index in [2.05, 4.69) is 24.5 Å². The zero-order valence-electron chi connectivity index (χ0n) is 12.2. The fourth-order valence-electron chi connectivity index (χ4n) is 2.15. The number of carbonyl (C=O) groups excluding carboxylic acids is 1. The predicted octanol–water partition coefficient (Wildman–Crippen LogP) is 2.43. The Labute approximate surface area is 110 Å². The van der Waals surface area contributed by atoms with Crippen LogP contribution in [0.1, 0.15) is 53.9 Å². The van der Waals surface area contributed by atoms with Crippen molar-refractivity contribution in [3.8, 4) is 0 Å². The van der Waals surface area contributed by atoms with E-state index in [0.717, 1.165) is 6.42 Å². The second-order valence-corrected chi connectivity index (χ2v) is 7.14. The van der Waals surface area contributed by atoms with Crippen LogP contribution in [0.5, 0.6) is 0 Å². The number of carbonyl (C=O) groups is 1. The van der Waals surface area contributed by atoms with E-state index in [9.17, 15) is 4.79 Å². The minimum absolute atomic E-state index is 0.240. The zero-order valence-corrected chi connectivity index (χ0v) is 12.2. The van der Waals surface area contributed by atoms with Gasteiger partial charge in [-0.3, -0.25) is 0 Å². The van der Waals surface area contributed by atoms with Gasteiger partial charge in [-0.1, -0.05) is 6.92 Å². The van der Waals surface area contributed by atoms with Crippen LogP contribution in [0.2, 0.25) is 0 Å². The Morgan fingerprint density at radius 1 is 1.33 bits per heavy atom. The first-order valence-electron chi connectivity index (χ1n) is 6.95. The van der Waals surface area contributed by atoms with E-state index >= 15 is 0 Å². The lowest BCUT2D eigenvalue weighted by Crippen LogP contribution is -2.40. The van der Waals surface area contributed by atoms with E-state index in [1.54, 1.807) is 0 Å². The Bertz CT molecular complexity index is 331. The molecule has 0 saturated heterocycles. The quantitative estimate of drug-likeness (QED) is 0.810. The molecule has 3 unspecified atom stereocenters. The molecular weight excluding hydrogens is 228 g/mol. The summed E-state index contributed by atoms with van der Waals surface area (Å²) in [4.78, 5) is 11.6. The summed E-state index contributed by atoms with van der Waals surface area (Å²) in [5.74, 6) is 0. The molecule has 0 spiro atoms. The van der Waals surface area contributed by atoms with Gasteiger partial charge in [-0.2, -0.15) is 0 Å². The monoisotopic (exact) mass is 254 g/mol. The molecule has 2 aliphatic rings. The molecule has 0 aromatic heterocycles. The van der Waals surface area contributed by atoms with Crippen molar-refractivity contribution in [3.63, 3.8) is 0 Å². The van der Waals surface area contributed by atoms with Gasteiger partial charge in [-0.15, -0.1) is 0 Å². The molecule has 2 rings (SSSR count). The second kappa shape index (κ2) is 4.41. The maximum absolute atomic E-state index is 11.6. The number of amides is 1. The van der Waals surface area contributed by atoms with Gasteiger partial charge in [-0.05, 0) is 52.4 Å². The Kier molecular flexibility index (Phi) is 3.34. The van der Waals surface area contributed by atoms with Crippen LogP contribution in [0.25, 0.3) is 0 Å². The average Bonchev–Trinajstić information content (AvgIpc) is 3.05. The topological polar surface area (TPSA) is 50.4 Å². The number of hydrogen-bond acceptors (Lipinski definition) is 3. The third kappa shape index (κ3) is 3.61. The second-order valence-electron chi connectivity index (χ2n) is 7.14. The summed E-state index contributed by atoms with van der Waals surface area (Å²) in [6.45, 7) is 10.2. The number of ether oxygens (including phenoxy) is 1. The molecule has 4 heteroatoms. The summed E-state index contributed by atoms with van der Waals surface area (Å²) < 4.78 is 5.24. The molecule has 2 saturated carbocycles. The van der Waals surface area contributed by atoms with Crippen LogP contribution in [0, 0.1) is 5.41 Å². The lowest BCUT2D eigenvalue weighted by molar-refractivity contribution is 0.0521. The number of nitrogens with one attached hydrogen (secondary N) is 2. The molecule has 4 nitrogen and oxygen atoms in total. The number of hydrogen-bond donors (Lipinski definition) is 2. The summed E-state index contributed by atoms with van der Waals surface area (Å²) >= 11 is 0. The normalized spacial score (nSPS) is 30.5. The molecular formula is C14H26N2O2. The highest BCUT2D eigenvalue weighted by Gasteiger charge is 2.47. The molecule has 0 bridgehead atoms. The molecule has 2 fully saturated rings. The Balaban J connectivity index is 1.67. The predicted molar refractivity (Wildman–Crippen MR) is 71.5 cm³/mol. The van der Waals surface area contributed by atoms with Crippen LogP contribution in [0.4, 0.5) is 4.79 Å². The highest BCUT2D eigenvalue weighted by molar-refractivity contribution is 5.68. The van der Waals surface area contributed by atoms with E-state index in [1.807, 2.05) is 20.8 Å². The van der Waals surface area contributed by atoms with Crippen molar-refractivity contribution in [1.82, 2.24) is 10.6 Å². The molecule has 18 heavy (non-hydrogen) atoms. The standard InChI is InChI=1S/C14H26N2O2/c1-9(14(5)6-7-14)15-10-8-11(10)16-12(17)18-13(2,3)4/h9-11,15H,6-8H2,1-5H3,(H,16,17). The first kappa shape index (κ1) is 13.7. The summed E-state index contributed by atoms with van der Waals surface area (Å²) in [6, 6.07) is 1.20. The SMILES string of the molecule is CC(NC1CC1NC(=O)OC(C)(C)C)C1(C)CC1. The Morgan fingerprint density at radius 3 is 2.44 bits per heavy atom. The van der Waals surface area contributed by atoms with Crippen LogP contribution in [0.3, 0.4) is 0 Å². The minimum Gasteiger partial charge on any atom is -0.444 e. The van der Waals surface area contributed by atoms with Gasteiger partial charge in [0.15, 0.2) is 0 Å². The van der Waals surface area contributed by atoms with Crippen molar-refractivity contribution in [1.29, 1.82) is 0 Å². The van der Waals surface area contributed by atoms with Gasteiger partial charge in [0.05, 0.1) is 0 Å². The van der Waals surface area contributed by atoms with Gasteiger partial charge in [0, 0.05) is 18.1 Å². The lowest BCUT2D eigenvalue weighted by atomic mass is 10.0. The van der Waals surface area contributed by atoms with Crippen LogP contribution in [0.15, 0.2) is 0 Å². The fraction of sp³-hybridized carbons (Fsp3) is 0.929. The van der Waals surface area contributed by atoms with Crippen molar-refractivity contribution in [2.75, 3.05) is 0 Å². The van der Waals surface area contributed by atoms with Gasteiger partial charge in [0.2, 0.25) is 0 Å². The Hall–Kier alpha value is -0.770. The first-order valence-corrected chi connectivity index (χ1v) is 6.95. The average molecular weight is 254 g/mol. The molecule has 3 atom stereocenters. The molecule has 0 aromatic rings. The minimum atomic E-state index is -0.420. The third-order valence-electron chi connectivity index (χ3n) is 4.04. The van der Waals surface area contributed by atoms with Crippen LogP contribution in [-0.4, -0.2) is 29.8 Å². The van der Waals surface area contributed by atoms with E-state index in [-0.39, 0.29) is 12.1 Å². The zero-order chi connectivity index (χ0) is 13.6. The van der Waals surface area contributed by atoms with E-state index < -0.39 is 5.60 Å². The van der Waals surface area contributed by atoms with Crippen molar-refractivity contribution < 1.29 is 9.53 Å². The summed E-state index contributed by atoms with van der Waals surface area (Å²) in [6.07, 6.45) is 3.34. The first-order chi connectivity index (χ1) is 8.20. The summed E-state index contributed by atoms with van der Waals surface area (Å²) in [5.41, 5.74) is 0.0652. The largest absolute Gasteiger partial charge is 0.444 e. The van der Waals surface area contributed by atoms with Gasteiger partial charge in [0.25, 0.3) is 0 Å². The van der Waals surface area contributed by atoms with Crippen LogP contribution >= 0.6 is 0 Å². The van der Waals surface area contributed by atoms with Gasteiger partial charge < -0.3 is 15.4 Å². The molecule has 104 valence electrons. The third-order valence-corrected chi connectivity index (χ3v) is 4.04. The number of alkyl carbamates (subject to hydrolysis) is 1. The van der Waals surface area contributed by atoms with E-state index in [4.69, 9.17) is 4.74 Å². The van der Waals surface area contributed by atoms with Crippen molar-refractivity contribution in [2.24, 2.45) is 5.41 Å². The van der Waals surface area contributed by atoms with E-state index in [1.165, 1.54) is 12.8 Å². The summed E-state index contributed by atoms with van der Waals surface area (Å²) in [5, 5.41) is 6.52. The highest BCUT2D eigenvalue weighted by atomic mass is 16.6. The van der Waals surface area contributed by atoms with Gasteiger partial charge in [0.1, 0.15) is 5.60 Å². The maximum Gasteiger partial charge on any atom is 0.407 e. The maximum atomic E-state index is 11.6. The van der Waals surface area contributed by atoms with Crippen molar-refractivity contribution >= 4 is 6.09 Å². The molecule has 0 radical (unpaired) electrons. The van der Waals surface area contributed by atoms with Crippen LogP contribution < -0.4 is 10.6 Å². The van der Waals surface area contributed by atoms with Crippen molar-refractivity contribution in [3.05, 3.63) is 0 Å². The smallest absolute Gasteiger partial charge is 0.407 e. The van der Waals surface area contributed by atoms with Crippen LogP contribution in [-0.2, 0) is 4.74 Å². The molecule has 0 aromatic carbocycles. The van der Waals surface area contributed by atoms with Gasteiger partial charge in [-0.25, -0.2) is 4.79 Å². The lowest BCUT2D eigenvalue weighted by Gasteiger charge is -2.21. The fourth-order valence-corrected chi connectivity index (χ4v) is 2.15. The molecule has 0 aliphatic heterocycles. The van der Waals surface area contributed by atoms with Gasteiger partial charge >= 0.3 is 6.09 Å². The highest BCUT2D eigenvalue weighted by Crippen LogP contribution is 2.48.